The van der Waals surface area contributed by atoms with Gasteiger partial charge in [-0.15, -0.1) is 6.58 Å². The number of nitrogens with zero attached hydrogens (tertiary/aromatic N) is 2. The quantitative estimate of drug-likeness (QED) is 0.491. The highest BCUT2D eigenvalue weighted by molar-refractivity contribution is 5.28. The molecule has 3 rings (SSSR count). The lowest BCUT2D eigenvalue weighted by molar-refractivity contribution is 0.0509. The van der Waals surface area contributed by atoms with Crippen LogP contribution >= 0.6 is 0 Å². The second-order valence-corrected chi connectivity index (χ2v) is 10.7. The van der Waals surface area contributed by atoms with Crippen LogP contribution in [0.1, 0.15) is 76.6 Å². The highest BCUT2D eigenvalue weighted by atomic mass is 16.3. The van der Waals surface area contributed by atoms with Gasteiger partial charge in [-0.3, -0.25) is 4.90 Å². The summed E-state index contributed by atoms with van der Waals surface area (Å²) < 4.78 is 2.35. The topological polar surface area (TPSA) is 28.4 Å². The third kappa shape index (κ3) is 6.11. The molecular weight excluding hydrogens is 380 g/mol. The van der Waals surface area contributed by atoms with Crippen LogP contribution < -0.4 is 0 Å². The smallest absolute Gasteiger partial charge is 0.0648 e. The predicted octanol–water partition coefficient (Wildman–Crippen LogP) is 6.15. The molecule has 1 aliphatic carbocycles. The van der Waals surface area contributed by atoms with E-state index in [1.165, 1.54) is 48.9 Å². The minimum absolute atomic E-state index is 0.0954. The Morgan fingerprint density at radius 3 is 2.32 bits per heavy atom. The summed E-state index contributed by atoms with van der Waals surface area (Å²) in [6, 6.07) is 13.4. The summed E-state index contributed by atoms with van der Waals surface area (Å²) in [4.78, 5) is 2.45. The molecule has 1 saturated carbocycles. The van der Waals surface area contributed by atoms with Crippen molar-refractivity contribution < 1.29 is 5.11 Å². The molecule has 0 saturated heterocycles. The van der Waals surface area contributed by atoms with Gasteiger partial charge in [-0.2, -0.15) is 0 Å². The molecule has 1 heterocycles. The highest BCUT2D eigenvalue weighted by Gasteiger charge is 2.31. The Morgan fingerprint density at radius 1 is 1.06 bits per heavy atom. The molecule has 1 fully saturated rings. The van der Waals surface area contributed by atoms with Gasteiger partial charge in [-0.25, -0.2) is 0 Å². The predicted molar refractivity (Wildman–Crippen MR) is 131 cm³/mol. The van der Waals surface area contributed by atoms with Crippen LogP contribution in [0.2, 0.25) is 0 Å². The Balaban J connectivity index is 1.76. The third-order valence-electron chi connectivity index (χ3n) is 7.13. The van der Waals surface area contributed by atoms with Crippen molar-refractivity contribution in [2.75, 3.05) is 13.2 Å². The van der Waals surface area contributed by atoms with Crippen molar-refractivity contribution in [3.63, 3.8) is 0 Å². The normalized spacial score (nSPS) is 17.6. The summed E-state index contributed by atoms with van der Waals surface area (Å²) in [5.41, 5.74) is 3.75. The number of aliphatic hydroxyl groups excluding tert-OH is 1. The van der Waals surface area contributed by atoms with Gasteiger partial charge in [-0.1, -0.05) is 70.4 Å². The zero-order valence-corrected chi connectivity index (χ0v) is 20.1. The Bertz CT molecular complexity index is 823. The van der Waals surface area contributed by atoms with Crippen LogP contribution in [0.25, 0.3) is 0 Å². The number of hydrogen-bond donors (Lipinski definition) is 1. The second-order valence-electron chi connectivity index (χ2n) is 10.7. The van der Waals surface area contributed by atoms with Crippen LogP contribution in [0.5, 0.6) is 0 Å². The maximum Gasteiger partial charge on any atom is 0.0648 e. The van der Waals surface area contributed by atoms with Gasteiger partial charge in [0, 0.05) is 31.5 Å². The van der Waals surface area contributed by atoms with Gasteiger partial charge < -0.3 is 9.67 Å². The van der Waals surface area contributed by atoms with E-state index < -0.39 is 5.54 Å². The molecule has 3 nitrogen and oxygen atoms in total. The second kappa shape index (κ2) is 10.2. The number of hydrogen-bond acceptors (Lipinski definition) is 2. The molecule has 0 bridgehead atoms. The van der Waals surface area contributed by atoms with Crippen LogP contribution in [0.3, 0.4) is 0 Å². The minimum atomic E-state index is -0.402. The summed E-state index contributed by atoms with van der Waals surface area (Å²) in [6.07, 6.45) is 10.7. The molecule has 0 spiro atoms. The highest BCUT2D eigenvalue weighted by Crippen LogP contribution is 2.29. The lowest BCUT2D eigenvalue weighted by atomic mass is 9.87. The summed E-state index contributed by atoms with van der Waals surface area (Å²) in [7, 11) is 0. The molecular formula is C28H42N2O. The summed E-state index contributed by atoms with van der Waals surface area (Å²) in [5.74, 6) is 0.716. The standard InChI is InChI=1S/C28H42N2O/c1-6-28(5,22-31)30(20-23-11-8-7-9-12-23)21-26-13-10-18-29(26)19-24-14-16-25(17-15-24)27(2,3)4/h6,10,13-18,23,31H,1,7-9,11-12,19-22H2,2-5H3. The van der Waals surface area contributed by atoms with Crippen molar-refractivity contribution in [1.29, 1.82) is 0 Å². The van der Waals surface area contributed by atoms with E-state index in [-0.39, 0.29) is 12.0 Å². The summed E-state index contributed by atoms with van der Waals surface area (Å²) in [6.45, 7) is 15.7. The minimum Gasteiger partial charge on any atom is -0.394 e. The molecule has 31 heavy (non-hydrogen) atoms. The lowest BCUT2D eigenvalue weighted by Crippen LogP contribution is -2.49. The molecule has 1 atom stereocenters. The van der Waals surface area contributed by atoms with E-state index >= 15 is 0 Å². The largest absolute Gasteiger partial charge is 0.394 e. The average Bonchev–Trinajstić information content (AvgIpc) is 3.19. The fourth-order valence-electron chi connectivity index (χ4n) is 4.68. The van der Waals surface area contributed by atoms with E-state index in [1.807, 2.05) is 6.08 Å². The molecule has 0 radical (unpaired) electrons. The summed E-state index contributed by atoms with van der Waals surface area (Å²) in [5, 5.41) is 10.2. The Hall–Kier alpha value is -1.84. The van der Waals surface area contributed by atoms with Crippen molar-refractivity contribution in [3.05, 3.63) is 72.1 Å². The van der Waals surface area contributed by atoms with Crippen LogP contribution in [0.4, 0.5) is 0 Å². The third-order valence-corrected chi connectivity index (χ3v) is 7.13. The molecule has 1 aliphatic rings. The maximum atomic E-state index is 10.2. The first-order valence-electron chi connectivity index (χ1n) is 12.0. The fraction of sp³-hybridized carbons (Fsp3) is 0.571. The Morgan fingerprint density at radius 2 is 1.74 bits per heavy atom. The van der Waals surface area contributed by atoms with Crippen LogP contribution in [-0.2, 0) is 18.5 Å². The number of aliphatic hydroxyl groups is 1. The van der Waals surface area contributed by atoms with E-state index in [4.69, 9.17) is 0 Å². The van der Waals surface area contributed by atoms with Crippen molar-refractivity contribution >= 4 is 0 Å². The van der Waals surface area contributed by atoms with E-state index in [2.05, 4.69) is 86.3 Å². The molecule has 170 valence electrons. The zero-order chi connectivity index (χ0) is 22.5. The lowest BCUT2D eigenvalue weighted by Gasteiger charge is -2.41. The van der Waals surface area contributed by atoms with Gasteiger partial charge in [0.05, 0.1) is 12.1 Å². The molecule has 0 aliphatic heterocycles. The van der Waals surface area contributed by atoms with Gasteiger partial charge in [-0.05, 0) is 54.4 Å². The van der Waals surface area contributed by atoms with E-state index in [9.17, 15) is 5.11 Å². The Kier molecular flexibility index (Phi) is 7.82. The number of aromatic nitrogens is 1. The molecule has 2 aromatic rings. The van der Waals surface area contributed by atoms with Crippen LogP contribution in [0.15, 0.2) is 55.3 Å². The first kappa shape index (κ1) is 23.8. The monoisotopic (exact) mass is 422 g/mol. The molecule has 0 amide bonds. The SMILES string of the molecule is C=CC(C)(CO)N(Cc1cccn1Cc1ccc(C(C)(C)C)cc1)CC1CCCCC1. The van der Waals surface area contributed by atoms with Crippen molar-refractivity contribution in [2.24, 2.45) is 5.92 Å². The van der Waals surface area contributed by atoms with E-state index in [0.29, 0.717) is 5.92 Å². The van der Waals surface area contributed by atoms with Gasteiger partial charge in [0.1, 0.15) is 0 Å². The van der Waals surface area contributed by atoms with E-state index in [1.54, 1.807) is 0 Å². The van der Waals surface area contributed by atoms with Crippen LogP contribution in [0, 0.1) is 5.92 Å². The van der Waals surface area contributed by atoms with Crippen LogP contribution in [-0.4, -0.2) is 33.3 Å². The van der Waals surface area contributed by atoms with E-state index in [0.717, 1.165) is 19.6 Å². The molecule has 1 aromatic heterocycles. The van der Waals surface area contributed by atoms with Crippen molar-refractivity contribution in [1.82, 2.24) is 9.47 Å². The van der Waals surface area contributed by atoms with Gasteiger partial charge in [0.25, 0.3) is 0 Å². The molecule has 1 aromatic carbocycles. The van der Waals surface area contributed by atoms with Crippen molar-refractivity contribution in [3.8, 4) is 0 Å². The first-order valence-corrected chi connectivity index (χ1v) is 12.0. The van der Waals surface area contributed by atoms with Gasteiger partial charge in [0.15, 0.2) is 0 Å². The van der Waals surface area contributed by atoms with Gasteiger partial charge >= 0.3 is 0 Å². The maximum absolute atomic E-state index is 10.2. The molecule has 1 unspecified atom stereocenters. The first-order chi connectivity index (χ1) is 14.7. The fourth-order valence-corrected chi connectivity index (χ4v) is 4.68. The molecule has 1 N–H and O–H groups in total. The van der Waals surface area contributed by atoms with Gasteiger partial charge in [0.2, 0.25) is 0 Å². The Labute approximate surface area is 189 Å². The zero-order valence-electron chi connectivity index (χ0n) is 20.1. The average molecular weight is 423 g/mol. The molecule has 3 heteroatoms. The summed E-state index contributed by atoms with van der Waals surface area (Å²) >= 11 is 0. The number of rotatable bonds is 9. The van der Waals surface area contributed by atoms with Crippen molar-refractivity contribution in [2.45, 2.75) is 83.8 Å². The number of benzene rings is 1.